The number of rotatable bonds is 7. The van der Waals surface area contributed by atoms with Crippen molar-refractivity contribution in [1.29, 1.82) is 0 Å². The second kappa shape index (κ2) is 7.62. The van der Waals surface area contributed by atoms with Gasteiger partial charge in [-0.25, -0.2) is 0 Å². The summed E-state index contributed by atoms with van der Waals surface area (Å²) < 4.78 is 5.31. The number of ether oxygens (including phenoxy) is 1. The largest absolute Gasteiger partial charge is 0.388 e. The second-order valence-electron chi connectivity index (χ2n) is 5.37. The average molecular weight is 300 g/mol. The highest BCUT2D eigenvalue weighted by Gasteiger charge is 2.25. The Hall–Kier alpha value is -1.10. The van der Waals surface area contributed by atoms with E-state index in [-0.39, 0.29) is 31.6 Å². The van der Waals surface area contributed by atoms with E-state index in [9.17, 15) is 9.90 Å². The Morgan fingerprint density at radius 2 is 2.10 bits per heavy atom. The van der Waals surface area contributed by atoms with Crippen LogP contribution in [0.4, 0.5) is 0 Å². The molecule has 1 atom stereocenters. The van der Waals surface area contributed by atoms with Crippen molar-refractivity contribution in [2.24, 2.45) is 5.92 Å². The van der Waals surface area contributed by atoms with Crippen molar-refractivity contribution in [2.45, 2.75) is 33.0 Å². The molecule has 112 valence electrons. The number of aliphatic hydroxyl groups is 1. The zero-order valence-electron chi connectivity index (χ0n) is 12.1. The Balaban J connectivity index is 2.29. The van der Waals surface area contributed by atoms with Crippen LogP contribution in [-0.2, 0) is 16.1 Å². The Bertz CT molecular complexity index is 446. The predicted octanol–water partition coefficient (Wildman–Crippen LogP) is 2.38. The molecule has 0 aliphatic carbocycles. The fraction of sp³-hybridized carbons (Fsp3) is 0.533. The fourth-order valence-electron chi connectivity index (χ4n) is 1.40. The number of carbonyl (C=O) groups excluding carboxylic acids is 1. The lowest BCUT2D eigenvalue weighted by Crippen LogP contribution is -2.45. The van der Waals surface area contributed by atoms with Gasteiger partial charge in [0.05, 0.1) is 12.2 Å². The Kier molecular flexibility index (Phi) is 6.46. The van der Waals surface area contributed by atoms with Gasteiger partial charge in [0.2, 0.25) is 5.91 Å². The van der Waals surface area contributed by atoms with E-state index in [0.29, 0.717) is 5.02 Å². The molecule has 1 rings (SSSR count). The zero-order valence-corrected chi connectivity index (χ0v) is 12.9. The zero-order chi connectivity index (χ0) is 15.2. The number of benzene rings is 1. The molecule has 0 spiro atoms. The summed E-state index contributed by atoms with van der Waals surface area (Å²) >= 11 is 5.98. The summed E-state index contributed by atoms with van der Waals surface area (Å²) in [6.07, 6.45) is 0. The molecule has 1 amide bonds. The Morgan fingerprint density at radius 3 is 2.70 bits per heavy atom. The number of hydrogen-bond acceptors (Lipinski definition) is 3. The molecular formula is C15H22ClNO3. The SMILES string of the molecule is CC(C)C(C)(O)CNC(=O)COCc1ccccc1Cl. The van der Waals surface area contributed by atoms with Crippen molar-refractivity contribution in [3.05, 3.63) is 34.9 Å². The highest BCUT2D eigenvalue weighted by Crippen LogP contribution is 2.16. The van der Waals surface area contributed by atoms with Crippen molar-refractivity contribution >= 4 is 17.5 Å². The lowest BCUT2D eigenvalue weighted by molar-refractivity contribution is -0.127. The highest BCUT2D eigenvalue weighted by atomic mass is 35.5. The summed E-state index contributed by atoms with van der Waals surface area (Å²) in [5.41, 5.74) is -0.0746. The summed E-state index contributed by atoms with van der Waals surface area (Å²) in [6.45, 7) is 5.94. The van der Waals surface area contributed by atoms with Crippen LogP contribution in [0.25, 0.3) is 0 Å². The highest BCUT2D eigenvalue weighted by molar-refractivity contribution is 6.31. The summed E-state index contributed by atoms with van der Waals surface area (Å²) in [5, 5.41) is 13.3. The first-order valence-corrected chi connectivity index (χ1v) is 7.01. The molecule has 5 heteroatoms. The number of halogens is 1. The minimum atomic E-state index is -0.918. The van der Waals surface area contributed by atoms with E-state index >= 15 is 0 Å². The summed E-state index contributed by atoms with van der Waals surface area (Å²) in [6, 6.07) is 7.33. The third-order valence-corrected chi connectivity index (χ3v) is 3.70. The van der Waals surface area contributed by atoms with E-state index in [1.54, 1.807) is 13.0 Å². The van der Waals surface area contributed by atoms with E-state index in [0.717, 1.165) is 5.56 Å². The molecule has 1 aromatic rings. The molecule has 0 fully saturated rings. The van der Waals surface area contributed by atoms with Crippen LogP contribution in [0.3, 0.4) is 0 Å². The van der Waals surface area contributed by atoms with E-state index in [2.05, 4.69) is 5.32 Å². The molecule has 0 aromatic heterocycles. The third kappa shape index (κ3) is 5.49. The molecule has 0 bridgehead atoms. The molecule has 0 saturated heterocycles. The lowest BCUT2D eigenvalue weighted by atomic mass is 9.93. The van der Waals surface area contributed by atoms with Crippen molar-refractivity contribution in [1.82, 2.24) is 5.32 Å². The monoisotopic (exact) mass is 299 g/mol. The van der Waals surface area contributed by atoms with Gasteiger partial charge >= 0.3 is 0 Å². The van der Waals surface area contributed by atoms with Crippen LogP contribution in [0, 0.1) is 5.92 Å². The third-order valence-electron chi connectivity index (χ3n) is 3.34. The number of hydrogen-bond donors (Lipinski definition) is 2. The van der Waals surface area contributed by atoms with Crippen LogP contribution in [0.5, 0.6) is 0 Å². The summed E-state index contributed by atoms with van der Waals surface area (Å²) in [4.78, 5) is 11.6. The van der Waals surface area contributed by atoms with E-state index in [4.69, 9.17) is 16.3 Å². The molecule has 1 unspecified atom stereocenters. The van der Waals surface area contributed by atoms with Crippen LogP contribution in [0.15, 0.2) is 24.3 Å². The predicted molar refractivity (Wildman–Crippen MR) is 79.6 cm³/mol. The number of amides is 1. The second-order valence-corrected chi connectivity index (χ2v) is 5.78. The summed E-state index contributed by atoms with van der Waals surface area (Å²) in [5.74, 6) is -0.190. The topological polar surface area (TPSA) is 58.6 Å². The van der Waals surface area contributed by atoms with Crippen molar-refractivity contribution in [3.8, 4) is 0 Å². The molecule has 0 aliphatic rings. The normalized spacial score (nSPS) is 14.1. The van der Waals surface area contributed by atoms with Gasteiger partial charge in [0.1, 0.15) is 6.61 Å². The van der Waals surface area contributed by atoms with Crippen LogP contribution in [0.2, 0.25) is 5.02 Å². The first kappa shape index (κ1) is 17.0. The quantitative estimate of drug-likeness (QED) is 0.813. The molecule has 0 radical (unpaired) electrons. The van der Waals surface area contributed by atoms with Crippen LogP contribution < -0.4 is 5.32 Å². The molecule has 0 saturated carbocycles. The van der Waals surface area contributed by atoms with Gasteiger partial charge in [0.15, 0.2) is 0 Å². The number of nitrogens with one attached hydrogen (secondary N) is 1. The van der Waals surface area contributed by atoms with Crippen LogP contribution >= 0.6 is 11.6 Å². The lowest BCUT2D eigenvalue weighted by Gasteiger charge is -2.27. The smallest absolute Gasteiger partial charge is 0.246 e. The van der Waals surface area contributed by atoms with Gasteiger partial charge in [-0.1, -0.05) is 43.6 Å². The first-order chi connectivity index (χ1) is 9.33. The van der Waals surface area contributed by atoms with Crippen LogP contribution in [0.1, 0.15) is 26.3 Å². The fourth-order valence-corrected chi connectivity index (χ4v) is 1.59. The van der Waals surface area contributed by atoms with Crippen molar-refractivity contribution in [3.63, 3.8) is 0 Å². The molecule has 0 heterocycles. The maximum absolute atomic E-state index is 11.6. The minimum absolute atomic E-state index is 0.0562. The standard InChI is InChI=1S/C15H22ClNO3/c1-11(2)15(3,19)10-17-14(18)9-20-8-12-6-4-5-7-13(12)16/h4-7,11,19H,8-10H2,1-3H3,(H,17,18). The van der Waals surface area contributed by atoms with Gasteiger partial charge in [0, 0.05) is 11.6 Å². The molecule has 0 aliphatic heterocycles. The van der Waals surface area contributed by atoms with Crippen molar-refractivity contribution in [2.75, 3.05) is 13.2 Å². The molecule has 1 aromatic carbocycles. The molecule has 4 nitrogen and oxygen atoms in total. The summed E-state index contributed by atoms with van der Waals surface area (Å²) in [7, 11) is 0. The average Bonchev–Trinajstić information content (AvgIpc) is 2.38. The van der Waals surface area contributed by atoms with Crippen LogP contribution in [-0.4, -0.2) is 29.8 Å². The van der Waals surface area contributed by atoms with E-state index in [1.807, 2.05) is 32.0 Å². The number of carbonyl (C=O) groups is 1. The van der Waals surface area contributed by atoms with Gasteiger partial charge < -0.3 is 15.2 Å². The Morgan fingerprint density at radius 1 is 1.45 bits per heavy atom. The van der Waals surface area contributed by atoms with Gasteiger partial charge in [-0.05, 0) is 24.5 Å². The molecule has 20 heavy (non-hydrogen) atoms. The van der Waals surface area contributed by atoms with Gasteiger partial charge in [-0.15, -0.1) is 0 Å². The maximum atomic E-state index is 11.6. The minimum Gasteiger partial charge on any atom is -0.388 e. The van der Waals surface area contributed by atoms with Gasteiger partial charge in [-0.3, -0.25) is 4.79 Å². The van der Waals surface area contributed by atoms with Gasteiger partial charge in [0.25, 0.3) is 0 Å². The van der Waals surface area contributed by atoms with E-state index in [1.165, 1.54) is 0 Å². The van der Waals surface area contributed by atoms with E-state index < -0.39 is 5.60 Å². The molecule has 2 N–H and O–H groups in total. The maximum Gasteiger partial charge on any atom is 0.246 e. The Labute approximate surface area is 125 Å². The van der Waals surface area contributed by atoms with Crippen molar-refractivity contribution < 1.29 is 14.6 Å². The van der Waals surface area contributed by atoms with Gasteiger partial charge in [-0.2, -0.15) is 0 Å². The first-order valence-electron chi connectivity index (χ1n) is 6.63. The molecular weight excluding hydrogens is 278 g/mol.